The maximum absolute atomic E-state index is 6.31. The lowest BCUT2D eigenvalue weighted by Crippen LogP contribution is -2.30. The van der Waals surface area contributed by atoms with E-state index in [0.29, 0.717) is 13.2 Å². The standard InChI is InChI=1S/C74H70O4/c1(3-5-25-55-75-69-47-39-59(40-48-69)57-77-71-51-43-67(44-52-71)73(61-27-13-7-14-28-61,62-29-15-8-16-30-62)63-31-17-9-18-32-63)2-4-6-26-56-76-70-49-41-60(42-50-70)58-78-72-53-45-68(46-54-72)74(64-33-19-10-20-34-64,65-35-21-11-22-36-65)66-37-23-12-24-38-66/h7-24,27-54H,1-6,25-26,55-58H2. The highest BCUT2D eigenvalue weighted by Gasteiger charge is 2.39. The third-order valence-corrected chi connectivity index (χ3v) is 15.0. The molecular formula is C74H70O4. The third-order valence-electron chi connectivity index (χ3n) is 15.0. The van der Waals surface area contributed by atoms with Crippen LogP contribution in [0.5, 0.6) is 23.0 Å². The summed E-state index contributed by atoms with van der Waals surface area (Å²) in [6.07, 6.45) is 9.49. The Morgan fingerprint density at radius 3 is 0.654 bits per heavy atom. The fraction of sp³-hybridized carbons (Fsp3) is 0.189. The minimum atomic E-state index is -0.477. The van der Waals surface area contributed by atoms with E-state index in [0.717, 1.165) is 60.2 Å². The van der Waals surface area contributed by atoms with Crippen LogP contribution < -0.4 is 18.9 Å². The molecule has 10 rings (SSSR count). The van der Waals surface area contributed by atoms with E-state index in [4.69, 9.17) is 18.9 Å². The van der Waals surface area contributed by atoms with Crippen LogP contribution in [-0.2, 0) is 24.0 Å². The lowest BCUT2D eigenvalue weighted by atomic mass is 9.65. The fourth-order valence-corrected chi connectivity index (χ4v) is 11.1. The maximum atomic E-state index is 6.31. The molecular weight excluding hydrogens is 953 g/mol. The molecule has 10 aromatic carbocycles. The molecule has 0 aliphatic heterocycles. The SMILES string of the molecule is c1ccc(C(c2ccccc2)(c2ccccc2)c2ccc(OCc3ccc(OCCCCCCCCCCOc4ccc(COc5ccc(C(c6ccccc6)(c6ccccc6)c6ccccc6)cc5)cc4)cc3)cc2)cc1. The number of hydrogen-bond donors (Lipinski definition) is 0. The smallest absolute Gasteiger partial charge is 0.119 e. The van der Waals surface area contributed by atoms with E-state index >= 15 is 0 Å². The van der Waals surface area contributed by atoms with Gasteiger partial charge in [-0.3, -0.25) is 0 Å². The Morgan fingerprint density at radius 1 is 0.192 bits per heavy atom. The van der Waals surface area contributed by atoms with Gasteiger partial charge in [-0.1, -0.05) is 269 Å². The van der Waals surface area contributed by atoms with E-state index in [1.807, 2.05) is 0 Å². The molecule has 10 aromatic rings. The summed E-state index contributed by atoms with van der Waals surface area (Å²) in [5.74, 6) is 3.49. The van der Waals surface area contributed by atoms with Gasteiger partial charge in [-0.15, -0.1) is 0 Å². The maximum Gasteiger partial charge on any atom is 0.119 e. The second kappa shape index (κ2) is 26.9. The van der Waals surface area contributed by atoms with Crippen molar-refractivity contribution < 1.29 is 18.9 Å². The van der Waals surface area contributed by atoms with Crippen LogP contribution in [0.15, 0.2) is 279 Å². The van der Waals surface area contributed by atoms with E-state index in [1.165, 1.54) is 83.0 Å². The molecule has 78 heavy (non-hydrogen) atoms. The summed E-state index contributed by atoms with van der Waals surface area (Å²) < 4.78 is 24.8. The third kappa shape index (κ3) is 12.8. The monoisotopic (exact) mass is 1020 g/mol. The Bertz CT molecular complexity index is 2860. The van der Waals surface area contributed by atoms with Crippen molar-refractivity contribution in [2.24, 2.45) is 0 Å². The molecule has 0 aliphatic rings. The van der Waals surface area contributed by atoms with E-state index in [-0.39, 0.29) is 0 Å². The van der Waals surface area contributed by atoms with Crippen molar-refractivity contribution in [3.05, 3.63) is 335 Å². The van der Waals surface area contributed by atoms with Gasteiger partial charge in [-0.05, 0) is 117 Å². The van der Waals surface area contributed by atoms with Gasteiger partial charge in [0.1, 0.15) is 36.2 Å². The van der Waals surface area contributed by atoms with Gasteiger partial charge >= 0.3 is 0 Å². The summed E-state index contributed by atoms with van der Waals surface area (Å²) in [7, 11) is 0. The average Bonchev–Trinajstić information content (AvgIpc) is 3.66. The summed E-state index contributed by atoms with van der Waals surface area (Å²) >= 11 is 0. The summed E-state index contributed by atoms with van der Waals surface area (Å²) in [6.45, 7) is 2.44. The zero-order chi connectivity index (χ0) is 52.9. The minimum absolute atomic E-state index is 0.477. The molecule has 390 valence electrons. The Kier molecular flexibility index (Phi) is 18.2. The van der Waals surface area contributed by atoms with Crippen molar-refractivity contribution in [1.29, 1.82) is 0 Å². The number of unbranched alkanes of at least 4 members (excludes halogenated alkanes) is 7. The second-order valence-electron chi connectivity index (χ2n) is 20.1. The number of hydrogen-bond acceptors (Lipinski definition) is 4. The summed E-state index contributed by atoms with van der Waals surface area (Å²) in [5.41, 5.74) is 11.0. The topological polar surface area (TPSA) is 36.9 Å². The number of benzene rings is 10. The van der Waals surface area contributed by atoms with Gasteiger partial charge in [-0.2, -0.15) is 0 Å². The van der Waals surface area contributed by atoms with Gasteiger partial charge < -0.3 is 18.9 Å². The fourth-order valence-electron chi connectivity index (χ4n) is 11.1. The van der Waals surface area contributed by atoms with E-state index in [1.54, 1.807) is 0 Å². The highest BCUT2D eigenvalue weighted by molar-refractivity contribution is 5.62. The average molecular weight is 1020 g/mol. The molecule has 0 radical (unpaired) electrons. The van der Waals surface area contributed by atoms with Gasteiger partial charge in [-0.25, -0.2) is 0 Å². The van der Waals surface area contributed by atoms with E-state index < -0.39 is 10.8 Å². The molecule has 0 fully saturated rings. The van der Waals surface area contributed by atoms with Gasteiger partial charge in [0.05, 0.1) is 24.0 Å². The van der Waals surface area contributed by atoms with Crippen LogP contribution >= 0.6 is 0 Å². The van der Waals surface area contributed by atoms with Crippen molar-refractivity contribution in [2.45, 2.75) is 75.4 Å². The van der Waals surface area contributed by atoms with Gasteiger partial charge in [0.15, 0.2) is 0 Å². The Labute approximate surface area is 463 Å². The predicted octanol–water partition coefficient (Wildman–Crippen LogP) is 18.2. The summed E-state index contributed by atoms with van der Waals surface area (Å²) in [4.78, 5) is 0. The molecule has 4 nitrogen and oxygen atoms in total. The molecule has 0 unspecified atom stereocenters. The molecule has 0 N–H and O–H groups in total. The molecule has 0 atom stereocenters. The number of ether oxygens (including phenoxy) is 4. The molecule has 0 aliphatic carbocycles. The lowest BCUT2D eigenvalue weighted by molar-refractivity contribution is 0.298. The largest absolute Gasteiger partial charge is 0.494 e. The molecule has 0 amide bonds. The normalized spacial score (nSPS) is 11.4. The quantitative estimate of drug-likeness (QED) is 0.0380. The zero-order valence-electron chi connectivity index (χ0n) is 44.7. The second-order valence-corrected chi connectivity index (χ2v) is 20.1. The first-order chi connectivity index (χ1) is 38.7. The summed E-state index contributed by atoms with van der Waals surface area (Å²) in [6, 6.07) is 98.6. The van der Waals surface area contributed by atoms with Crippen molar-refractivity contribution >= 4 is 0 Å². The minimum Gasteiger partial charge on any atom is -0.494 e. The van der Waals surface area contributed by atoms with Crippen LogP contribution in [0.1, 0.15) is 107 Å². The first kappa shape index (κ1) is 52.8. The van der Waals surface area contributed by atoms with E-state index in [9.17, 15) is 0 Å². The highest BCUT2D eigenvalue weighted by Crippen LogP contribution is 2.47. The van der Waals surface area contributed by atoms with Crippen LogP contribution in [0.2, 0.25) is 0 Å². The molecule has 0 saturated heterocycles. The van der Waals surface area contributed by atoms with Crippen LogP contribution in [0.25, 0.3) is 0 Å². The van der Waals surface area contributed by atoms with Crippen molar-refractivity contribution in [3.63, 3.8) is 0 Å². The molecule has 0 heterocycles. The van der Waals surface area contributed by atoms with Crippen molar-refractivity contribution in [2.75, 3.05) is 13.2 Å². The Balaban J connectivity index is 0.596. The predicted molar refractivity (Wildman–Crippen MR) is 319 cm³/mol. The van der Waals surface area contributed by atoms with Gasteiger partial charge in [0, 0.05) is 0 Å². The lowest BCUT2D eigenvalue weighted by Gasteiger charge is -2.36. The first-order valence-electron chi connectivity index (χ1n) is 27.9. The van der Waals surface area contributed by atoms with Gasteiger partial charge in [0.2, 0.25) is 0 Å². The molecule has 0 spiro atoms. The molecule has 4 heteroatoms. The molecule has 0 aromatic heterocycles. The van der Waals surface area contributed by atoms with Gasteiger partial charge in [0.25, 0.3) is 0 Å². The first-order valence-corrected chi connectivity index (χ1v) is 27.9. The van der Waals surface area contributed by atoms with E-state index in [2.05, 4.69) is 279 Å². The molecule has 0 saturated carbocycles. The Morgan fingerprint density at radius 2 is 0.397 bits per heavy atom. The van der Waals surface area contributed by atoms with Crippen molar-refractivity contribution in [1.82, 2.24) is 0 Å². The van der Waals surface area contributed by atoms with Crippen LogP contribution in [0, 0.1) is 0 Å². The summed E-state index contributed by atoms with van der Waals surface area (Å²) in [5, 5.41) is 0. The van der Waals surface area contributed by atoms with Crippen LogP contribution in [0.3, 0.4) is 0 Å². The number of rotatable bonds is 27. The Hall–Kier alpha value is -8.60. The van der Waals surface area contributed by atoms with Crippen LogP contribution in [-0.4, -0.2) is 13.2 Å². The zero-order valence-corrected chi connectivity index (χ0v) is 44.7. The highest BCUT2D eigenvalue weighted by atomic mass is 16.5. The molecule has 0 bridgehead atoms. The van der Waals surface area contributed by atoms with Crippen molar-refractivity contribution in [3.8, 4) is 23.0 Å². The van der Waals surface area contributed by atoms with Crippen LogP contribution in [0.4, 0.5) is 0 Å².